The van der Waals surface area contributed by atoms with Gasteiger partial charge in [-0.1, -0.05) is 0 Å². The molecule has 0 saturated carbocycles. The first-order chi connectivity index (χ1) is 11.3. The highest BCUT2D eigenvalue weighted by Gasteiger charge is 2.16. The molecule has 0 radical (unpaired) electrons. The van der Waals surface area contributed by atoms with E-state index < -0.39 is 0 Å². The summed E-state index contributed by atoms with van der Waals surface area (Å²) in [7, 11) is 0. The molecule has 0 bridgehead atoms. The minimum atomic E-state index is -0.381. The van der Waals surface area contributed by atoms with Crippen molar-refractivity contribution in [3.8, 4) is 22.5 Å². The molecule has 114 valence electrons. The molecule has 3 aromatic heterocycles. The normalized spacial score (nSPS) is 10.3. The van der Waals surface area contributed by atoms with E-state index in [2.05, 4.69) is 15.0 Å². The largest absolute Gasteiger partial charge is 0.462 e. The molecule has 0 aliphatic carbocycles. The van der Waals surface area contributed by atoms with E-state index in [4.69, 9.17) is 4.74 Å². The second-order valence-corrected chi connectivity index (χ2v) is 4.78. The minimum Gasteiger partial charge on any atom is -0.462 e. The Balaban J connectivity index is 2.13. The number of rotatable bonds is 4. The Hall–Kier alpha value is -3.08. The van der Waals surface area contributed by atoms with Gasteiger partial charge in [-0.25, -0.2) is 9.78 Å². The lowest BCUT2D eigenvalue weighted by molar-refractivity contribution is 0.0527. The van der Waals surface area contributed by atoms with E-state index in [9.17, 15) is 4.79 Å². The van der Waals surface area contributed by atoms with Gasteiger partial charge >= 0.3 is 5.97 Å². The Kier molecular flexibility index (Phi) is 4.38. The van der Waals surface area contributed by atoms with E-state index >= 15 is 0 Å². The topological polar surface area (TPSA) is 65.0 Å². The summed E-state index contributed by atoms with van der Waals surface area (Å²) in [6.45, 7) is 2.10. The fourth-order valence-electron chi connectivity index (χ4n) is 2.25. The molecule has 23 heavy (non-hydrogen) atoms. The van der Waals surface area contributed by atoms with Crippen LogP contribution in [0.1, 0.15) is 17.3 Å². The van der Waals surface area contributed by atoms with Gasteiger partial charge < -0.3 is 4.74 Å². The van der Waals surface area contributed by atoms with Crippen molar-refractivity contribution >= 4 is 5.97 Å². The lowest BCUT2D eigenvalue weighted by Gasteiger charge is -2.10. The summed E-state index contributed by atoms with van der Waals surface area (Å²) in [5, 5.41) is 0. The third-order valence-corrected chi connectivity index (χ3v) is 3.32. The van der Waals surface area contributed by atoms with E-state index in [0.29, 0.717) is 17.9 Å². The summed E-state index contributed by atoms with van der Waals surface area (Å²) in [6.07, 6.45) is 6.76. The van der Waals surface area contributed by atoms with Gasteiger partial charge in [-0.3, -0.25) is 9.97 Å². The Morgan fingerprint density at radius 1 is 0.913 bits per heavy atom. The van der Waals surface area contributed by atoms with E-state index in [1.165, 1.54) is 0 Å². The molecular weight excluding hydrogens is 290 g/mol. The maximum atomic E-state index is 12.2. The lowest BCUT2D eigenvalue weighted by Crippen LogP contribution is -2.08. The van der Waals surface area contributed by atoms with Crippen molar-refractivity contribution in [1.29, 1.82) is 0 Å². The van der Waals surface area contributed by atoms with Crippen molar-refractivity contribution in [3.63, 3.8) is 0 Å². The Morgan fingerprint density at radius 2 is 1.52 bits per heavy atom. The number of aromatic nitrogens is 3. The Labute approximate surface area is 134 Å². The van der Waals surface area contributed by atoms with Crippen LogP contribution in [0.25, 0.3) is 22.5 Å². The van der Waals surface area contributed by atoms with Gasteiger partial charge in [0.2, 0.25) is 0 Å². The van der Waals surface area contributed by atoms with E-state index in [1.807, 2.05) is 30.3 Å². The van der Waals surface area contributed by atoms with E-state index in [1.54, 1.807) is 37.8 Å². The second kappa shape index (κ2) is 6.79. The number of carbonyl (C=O) groups excluding carboxylic acids is 1. The van der Waals surface area contributed by atoms with Crippen LogP contribution in [-0.4, -0.2) is 27.5 Å². The molecule has 0 spiro atoms. The average Bonchev–Trinajstić information content (AvgIpc) is 2.63. The summed E-state index contributed by atoms with van der Waals surface area (Å²) in [5.41, 5.74) is 3.55. The summed E-state index contributed by atoms with van der Waals surface area (Å²) < 4.78 is 5.13. The number of hydrogen-bond donors (Lipinski definition) is 0. The quantitative estimate of drug-likeness (QED) is 0.691. The van der Waals surface area contributed by atoms with Gasteiger partial charge in [0.1, 0.15) is 0 Å². The zero-order chi connectivity index (χ0) is 16.1. The van der Waals surface area contributed by atoms with Crippen molar-refractivity contribution < 1.29 is 9.53 Å². The van der Waals surface area contributed by atoms with Crippen LogP contribution in [0, 0.1) is 0 Å². The van der Waals surface area contributed by atoms with Crippen LogP contribution < -0.4 is 0 Å². The maximum Gasteiger partial charge on any atom is 0.340 e. The van der Waals surface area contributed by atoms with Gasteiger partial charge in [0, 0.05) is 35.9 Å². The molecule has 0 aromatic carbocycles. The predicted octanol–water partition coefficient (Wildman–Crippen LogP) is 3.38. The van der Waals surface area contributed by atoms with Crippen molar-refractivity contribution in [2.24, 2.45) is 0 Å². The third-order valence-electron chi connectivity index (χ3n) is 3.32. The number of carbonyl (C=O) groups is 1. The average molecular weight is 305 g/mol. The zero-order valence-electron chi connectivity index (χ0n) is 12.6. The summed E-state index contributed by atoms with van der Waals surface area (Å²) >= 11 is 0. The van der Waals surface area contributed by atoms with Crippen LogP contribution in [0.5, 0.6) is 0 Å². The fourth-order valence-corrected chi connectivity index (χ4v) is 2.25. The SMILES string of the molecule is CCOC(=O)c1ccc(-c2ccncc2)nc1-c1ccncc1. The highest BCUT2D eigenvalue weighted by Crippen LogP contribution is 2.26. The van der Waals surface area contributed by atoms with Gasteiger partial charge in [0.05, 0.1) is 23.6 Å². The third kappa shape index (κ3) is 3.23. The predicted molar refractivity (Wildman–Crippen MR) is 86.7 cm³/mol. The lowest BCUT2D eigenvalue weighted by atomic mass is 10.0. The van der Waals surface area contributed by atoms with Crippen LogP contribution in [0.4, 0.5) is 0 Å². The molecule has 0 atom stereocenters. The minimum absolute atomic E-state index is 0.320. The standard InChI is InChI=1S/C18H15N3O2/c1-2-23-18(22)15-3-4-16(13-5-9-19-10-6-13)21-17(15)14-7-11-20-12-8-14/h3-12H,2H2,1H3. The zero-order valence-corrected chi connectivity index (χ0v) is 12.6. The van der Waals surface area contributed by atoms with Crippen molar-refractivity contribution in [3.05, 3.63) is 66.7 Å². The number of ether oxygens (including phenoxy) is 1. The van der Waals surface area contributed by atoms with Crippen LogP contribution in [0.3, 0.4) is 0 Å². The summed E-state index contributed by atoms with van der Waals surface area (Å²) in [4.78, 5) is 24.9. The van der Waals surface area contributed by atoms with E-state index in [-0.39, 0.29) is 5.97 Å². The van der Waals surface area contributed by atoms with Gasteiger partial charge in [-0.2, -0.15) is 0 Å². The van der Waals surface area contributed by atoms with Crippen LogP contribution in [-0.2, 0) is 4.74 Å². The monoisotopic (exact) mass is 305 g/mol. The molecule has 5 heteroatoms. The van der Waals surface area contributed by atoms with Gasteiger partial charge in [-0.05, 0) is 43.3 Å². The van der Waals surface area contributed by atoms with Crippen molar-refractivity contribution in [2.75, 3.05) is 6.61 Å². The fraction of sp³-hybridized carbons (Fsp3) is 0.111. The number of hydrogen-bond acceptors (Lipinski definition) is 5. The molecule has 0 N–H and O–H groups in total. The molecule has 0 fully saturated rings. The molecular formula is C18H15N3O2. The van der Waals surface area contributed by atoms with Crippen molar-refractivity contribution in [1.82, 2.24) is 15.0 Å². The molecule has 3 rings (SSSR count). The molecule has 0 saturated heterocycles. The second-order valence-electron chi connectivity index (χ2n) is 4.78. The smallest absolute Gasteiger partial charge is 0.340 e. The summed E-state index contributed by atoms with van der Waals surface area (Å²) in [6, 6.07) is 11.0. The van der Waals surface area contributed by atoms with E-state index in [0.717, 1.165) is 16.8 Å². The first-order valence-corrected chi connectivity index (χ1v) is 7.28. The van der Waals surface area contributed by atoms with Gasteiger partial charge in [0.15, 0.2) is 0 Å². The van der Waals surface area contributed by atoms with Crippen LogP contribution >= 0.6 is 0 Å². The first-order valence-electron chi connectivity index (χ1n) is 7.28. The molecule has 3 aromatic rings. The molecule has 0 aliphatic heterocycles. The van der Waals surface area contributed by atoms with Gasteiger partial charge in [0.25, 0.3) is 0 Å². The number of esters is 1. The molecule has 0 unspecified atom stereocenters. The Morgan fingerprint density at radius 3 is 2.13 bits per heavy atom. The summed E-state index contributed by atoms with van der Waals surface area (Å²) in [5.74, 6) is -0.381. The molecule has 0 amide bonds. The van der Waals surface area contributed by atoms with Crippen molar-refractivity contribution in [2.45, 2.75) is 6.92 Å². The number of pyridine rings is 3. The highest BCUT2D eigenvalue weighted by molar-refractivity contribution is 5.96. The molecule has 3 heterocycles. The maximum absolute atomic E-state index is 12.2. The highest BCUT2D eigenvalue weighted by atomic mass is 16.5. The van der Waals surface area contributed by atoms with Crippen LogP contribution in [0.2, 0.25) is 0 Å². The number of nitrogens with zero attached hydrogens (tertiary/aromatic N) is 3. The van der Waals surface area contributed by atoms with Crippen LogP contribution in [0.15, 0.2) is 61.2 Å². The molecule has 5 nitrogen and oxygen atoms in total. The Bertz CT molecular complexity index is 805. The first kappa shape index (κ1) is 14.8. The van der Waals surface area contributed by atoms with Gasteiger partial charge in [-0.15, -0.1) is 0 Å². The molecule has 0 aliphatic rings.